The van der Waals surface area contributed by atoms with E-state index in [1.54, 1.807) is 11.8 Å². The fourth-order valence-corrected chi connectivity index (χ4v) is 4.31. The van der Waals surface area contributed by atoms with Gasteiger partial charge in [0.15, 0.2) is 0 Å². The third-order valence-corrected chi connectivity index (χ3v) is 5.52. The number of fused-ring (bicyclic) bond motifs is 1. The summed E-state index contributed by atoms with van der Waals surface area (Å²) in [5.41, 5.74) is 5.45. The number of nitrogens with zero attached hydrogens (tertiary/aromatic N) is 2. The summed E-state index contributed by atoms with van der Waals surface area (Å²) in [6.45, 7) is 2.06. The van der Waals surface area contributed by atoms with Crippen molar-refractivity contribution in [2.75, 3.05) is 0 Å². The Morgan fingerprint density at radius 3 is 2.68 bits per heavy atom. The largest absolute Gasteiger partial charge is 0.245 e. The lowest BCUT2D eigenvalue weighted by Gasteiger charge is -2.20. The number of aromatic nitrogens is 1. The average molecular weight is 329 g/mol. The number of nitriles is 1. The normalized spacial score (nSPS) is 13.5. The fourth-order valence-electron chi connectivity index (χ4n) is 2.97. The van der Waals surface area contributed by atoms with E-state index in [0.29, 0.717) is 0 Å². The van der Waals surface area contributed by atoms with Crippen molar-refractivity contribution in [1.29, 1.82) is 5.26 Å². The zero-order valence-electron chi connectivity index (χ0n) is 12.5. The van der Waals surface area contributed by atoms with Crippen molar-refractivity contribution in [2.24, 2.45) is 0 Å². The van der Waals surface area contributed by atoms with Crippen LogP contribution in [0.25, 0.3) is 0 Å². The number of thioether (sulfide) groups is 1. The van der Waals surface area contributed by atoms with Crippen LogP contribution in [0, 0.1) is 18.3 Å². The highest BCUT2D eigenvalue weighted by Crippen LogP contribution is 2.34. The zero-order valence-corrected chi connectivity index (χ0v) is 14.1. The lowest BCUT2D eigenvalue weighted by atomic mass is 9.88. The van der Waals surface area contributed by atoms with E-state index in [0.717, 1.165) is 45.5 Å². The van der Waals surface area contributed by atoms with Gasteiger partial charge in [0, 0.05) is 16.5 Å². The number of hydrogen-bond acceptors (Lipinski definition) is 3. The number of pyridine rings is 1. The molecule has 0 amide bonds. The van der Waals surface area contributed by atoms with Crippen LogP contribution in [0.1, 0.15) is 40.8 Å². The van der Waals surface area contributed by atoms with Crippen LogP contribution in [0.15, 0.2) is 29.3 Å². The molecule has 2 aromatic rings. The molecule has 22 heavy (non-hydrogen) atoms. The first kappa shape index (κ1) is 15.4. The van der Waals surface area contributed by atoms with Gasteiger partial charge in [0.25, 0.3) is 0 Å². The van der Waals surface area contributed by atoms with Crippen molar-refractivity contribution in [3.63, 3.8) is 0 Å². The van der Waals surface area contributed by atoms with E-state index < -0.39 is 0 Å². The molecule has 0 spiro atoms. The minimum Gasteiger partial charge on any atom is -0.245 e. The number of benzene rings is 1. The van der Waals surface area contributed by atoms with Crippen LogP contribution < -0.4 is 0 Å². The van der Waals surface area contributed by atoms with Crippen LogP contribution in [-0.4, -0.2) is 4.98 Å². The van der Waals surface area contributed by atoms with Gasteiger partial charge >= 0.3 is 0 Å². The van der Waals surface area contributed by atoms with Crippen LogP contribution in [0.5, 0.6) is 0 Å². The molecule has 0 N–H and O–H groups in total. The Labute approximate surface area is 140 Å². The second-order valence-corrected chi connectivity index (χ2v) is 6.90. The molecule has 0 radical (unpaired) electrons. The maximum absolute atomic E-state index is 9.59. The topological polar surface area (TPSA) is 36.7 Å². The Bertz CT molecular complexity index is 749. The van der Waals surface area contributed by atoms with Gasteiger partial charge in [-0.1, -0.05) is 29.8 Å². The van der Waals surface area contributed by atoms with E-state index in [1.807, 2.05) is 24.3 Å². The molecule has 0 aliphatic heterocycles. The van der Waals surface area contributed by atoms with Gasteiger partial charge in [-0.2, -0.15) is 5.26 Å². The van der Waals surface area contributed by atoms with Crippen LogP contribution >= 0.6 is 23.4 Å². The highest BCUT2D eigenvalue weighted by Gasteiger charge is 2.20. The minimum absolute atomic E-state index is 0.736. The van der Waals surface area contributed by atoms with Gasteiger partial charge in [0.05, 0.1) is 5.56 Å². The molecule has 0 saturated heterocycles. The molecule has 0 fully saturated rings. The first-order valence-electron chi connectivity index (χ1n) is 7.49. The second-order valence-electron chi connectivity index (χ2n) is 5.53. The Kier molecular flexibility index (Phi) is 4.71. The Hall–Kier alpha value is -1.50. The lowest BCUT2D eigenvalue weighted by Crippen LogP contribution is -2.10. The van der Waals surface area contributed by atoms with E-state index in [2.05, 4.69) is 13.0 Å². The molecule has 3 rings (SSSR count). The summed E-state index contributed by atoms with van der Waals surface area (Å²) < 4.78 is 0. The summed E-state index contributed by atoms with van der Waals surface area (Å²) in [5, 5.41) is 11.2. The van der Waals surface area contributed by atoms with E-state index in [1.165, 1.54) is 24.0 Å². The quantitative estimate of drug-likeness (QED) is 0.737. The molecule has 0 bridgehead atoms. The lowest BCUT2D eigenvalue weighted by molar-refractivity contribution is 0.669. The fraction of sp³-hybridized carbons (Fsp3) is 0.333. The van der Waals surface area contributed by atoms with Crippen LogP contribution in [0.3, 0.4) is 0 Å². The SMILES string of the molecule is Cc1nc(SCc2ccccc2Cl)c(C#N)c2c1CCCC2. The summed E-state index contributed by atoms with van der Waals surface area (Å²) in [6.07, 6.45) is 4.42. The predicted octanol–water partition coefficient (Wildman–Crippen LogP) is 5.09. The smallest absolute Gasteiger partial charge is 0.115 e. The molecular weight excluding hydrogens is 312 g/mol. The number of rotatable bonds is 3. The highest BCUT2D eigenvalue weighted by molar-refractivity contribution is 7.98. The summed E-state index contributed by atoms with van der Waals surface area (Å²) in [4.78, 5) is 4.70. The predicted molar refractivity (Wildman–Crippen MR) is 91.3 cm³/mol. The molecule has 2 nitrogen and oxygen atoms in total. The van der Waals surface area contributed by atoms with Crippen molar-refractivity contribution >= 4 is 23.4 Å². The van der Waals surface area contributed by atoms with Crippen molar-refractivity contribution in [1.82, 2.24) is 4.98 Å². The molecule has 1 heterocycles. The summed E-state index contributed by atoms with van der Waals surface area (Å²) >= 11 is 7.82. The monoisotopic (exact) mass is 328 g/mol. The Morgan fingerprint density at radius 2 is 1.95 bits per heavy atom. The number of halogens is 1. The zero-order chi connectivity index (χ0) is 15.5. The first-order chi connectivity index (χ1) is 10.7. The average Bonchev–Trinajstić information content (AvgIpc) is 2.54. The summed E-state index contributed by atoms with van der Waals surface area (Å²) in [7, 11) is 0. The van der Waals surface area contributed by atoms with E-state index in [4.69, 9.17) is 16.6 Å². The Balaban J connectivity index is 1.93. The van der Waals surface area contributed by atoms with Crippen LogP contribution in [-0.2, 0) is 18.6 Å². The molecule has 4 heteroatoms. The minimum atomic E-state index is 0.736. The maximum atomic E-state index is 9.59. The van der Waals surface area contributed by atoms with Gasteiger partial charge in [-0.25, -0.2) is 4.98 Å². The maximum Gasteiger partial charge on any atom is 0.115 e. The molecular formula is C18H17ClN2S. The van der Waals surface area contributed by atoms with E-state index in [-0.39, 0.29) is 0 Å². The standard InChI is InChI=1S/C18H17ClN2S/c1-12-14-7-3-4-8-15(14)16(10-20)18(21-12)22-11-13-6-2-5-9-17(13)19/h2,5-6,9H,3-4,7-8,11H2,1H3. The van der Waals surface area contributed by atoms with Gasteiger partial charge in [0.2, 0.25) is 0 Å². The van der Waals surface area contributed by atoms with Gasteiger partial charge in [-0.05, 0) is 55.4 Å². The van der Waals surface area contributed by atoms with E-state index in [9.17, 15) is 5.26 Å². The van der Waals surface area contributed by atoms with Crippen molar-refractivity contribution < 1.29 is 0 Å². The molecule has 0 unspecified atom stereocenters. The van der Waals surface area contributed by atoms with Crippen LogP contribution in [0.2, 0.25) is 5.02 Å². The van der Waals surface area contributed by atoms with Crippen molar-refractivity contribution in [3.8, 4) is 6.07 Å². The van der Waals surface area contributed by atoms with Gasteiger partial charge in [-0.3, -0.25) is 0 Å². The summed E-state index contributed by atoms with van der Waals surface area (Å²) in [5.74, 6) is 0.736. The molecule has 112 valence electrons. The third kappa shape index (κ3) is 2.99. The molecule has 0 atom stereocenters. The number of hydrogen-bond donors (Lipinski definition) is 0. The molecule has 1 aliphatic carbocycles. The molecule has 1 aromatic carbocycles. The Morgan fingerprint density at radius 1 is 1.23 bits per heavy atom. The highest BCUT2D eigenvalue weighted by atomic mass is 35.5. The van der Waals surface area contributed by atoms with Gasteiger partial charge in [-0.15, -0.1) is 11.8 Å². The molecule has 1 aromatic heterocycles. The van der Waals surface area contributed by atoms with Crippen molar-refractivity contribution in [3.05, 3.63) is 57.2 Å². The third-order valence-electron chi connectivity index (χ3n) is 4.12. The second kappa shape index (κ2) is 6.73. The first-order valence-corrected chi connectivity index (χ1v) is 8.85. The van der Waals surface area contributed by atoms with Gasteiger partial charge < -0.3 is 0 Å². The number of aryl methyl sites for hydroxylation is 1. The van der Waals surface area contributed by atoms with E-state index >= 15 is 0 Å². The van der Waals surface area contributed by atoms with Crippen molar-refractivity contribution in [2.45, 2.75) is 43.4 Å². The molecule has 1 aliphatic rings. The molecule has 0 saturated carbocycles. The van der Waals surface area contributed by atoms with Gasteiger partial charge in [0.1, 0.15) is 11.1 Å². The summed E-state index contributed by atoms with van der Waals surface area (Å²) in [6, 6.07) is 10.2. The van der Waals surface area contributed by atoms with Crippen LogP contribution in [0.4, 0.5) is 0 Å².